The summed E-state index contributed by atoms with van der Waals surface area (Å²) in [7, 11) is 3.97. The number of anilines is 1. The molecule has 2 aromatic heterocycles. The van der Waals surface area contributed by atoms with E-state index in [1.165, 1.54) is 0 Å². The van der Waals surface area contributed by atoms with Crippen molar-refractivity contribution < 1.29 is 4.79 Å². The van der Waals surface area contributed by atoms with E-state index in [1.807, 2.05) is 73.9 Å². The molecule has 2 heterocycles. The largest absolute Gasteiger partial charge is 0.309 e. The lowest BCUT2D eigenvalue weighted by molar-refractivity contribution is -0.116. The van der Waals surface area contributed by atoms with Crippen LogP contribution in [0.25, 0.3) is 5.69 Å². The number of rotatable bonds is 7. The minimum absolute atomic E-state index is 0.0517. The fraction of sp³-hybridized carbons (Fsp3) is 0.350. The highest BCUT2D eigenvalue weighted by Gasteiger charge is 2.14. The molecule has 1 aromatic carbocycles. The molecule has 0 bridgehead atoms. The molecule has 0 radical (unpaired) electrons. The van der Waals surface area contributed by atoms with Gasteiger partial charge >= 0.3 is 0 Å². The summed E-state index contributed by atoms with van der Waals surface area (Å²) < 4.78 is 1.93. The summed E-state index contributed by atoms with van der Waals surface area (Å²) in [5, 5.41) is 14.6. The van der Waals surface area contributed by atoms with Crippen LogP contribution < -0.4 is 5.32 Å². The first-order chi connectivity index (χ1) is 12.9. The molecule has 0 spiro atoms. The van der Waals surface area contributed by atoms with Crippen molar-refractivity contribution >= 4 is 11.7 Å². The van der Waals surface area contributed by atoms with E-state index < -0.39 is 0 Å². The van der Waals surface area contributed by atoms with Gasteiger partial charge in [0.05, 0.1) is 17.1 Å². The number of benzene rings is 1. The van der Waals surface area contributed by atoms with Crippen LogP contribution in [0.5, 0.6) is 0 Å². The number of carbonyl (C=O) groups excluding carboxylic acids is 1. The van der Waals surface area contributed by atoms with Crippen LogP contribution in [0.3, 0.4) is 0 Å². The number of nitrogens with one attached hydrogen (secondary N) is 2. The number of aromatic amines is 1. The molecule has 0 saturated carbocycles. The van der Waals surface area contributed by atoms with Crippen molar-refractivity contribution in [2.75, 3.05) is 19.4 Å². The fourth-order valence-corrected chi connectivity index (χ4v) is 3.15. The molecule has 2 N–H and O–H groups in total. The number of nitrogens with zero attached hydrogens (tertiary/aromatic N) is 4. The number of para-hydroxylation sites is 1. The molecule has 0 aliphatic rings. The zero-order valence-corrected chi connectivity index (χ0v) is 16.3. The first-order valence-electron chi connectivity index (χ1n) is 9.03. The highest BCUT2D eigenvalue weighted by molar-refractivity contribution is 5.89. The number of amides is 1. The Morgan fingerprint density at radius 2 is 1.96 bits per heavy atom. The van der Waals surface area contributed by atoms with E-state index in [1.54, 1.807) is 0 Å². The van der Waals surface area contributed by atoms with Gasteiger partial charge in [0.15, 0.2) is 5.82 Å². The summed E-state index contributed by atoms with van der Waals surface area (Å²) >= 11 is 0. The van der Waals surface area contributed by atoms with Gasteiger partial charge in [-0.25, -0.2) is 4.68 Å². The van der Waals surface area contributed by atoms with Gasteiger partial charge in [0.2, 0.25) is 5.91 Å². The number of carbonyl (C=O) groups is 1. The third-order valence-corrected chi connectivity index (χ3v) is 4.43. The fourth-order valence-electron chi connectivity index (χ4n) is 3.15. The quantitative estimate of drug-likeness (QED) is 0.674. The van der Waals surface area contributed by atoms with E-state index in [9.17, 15) is 4.79 Å². The molecule has 0 aliphatic heterocycles. The van der Waals surface area contributed by atoms with Crippen molar-refractivity contribution in [1.82, 2.24) is 24.9 Å². The van der Waals surface area contributed by atoms with Crippen molar-refractivity contribution in [2.24, 2.45) is 0 Å². The molecule has 3 aromatic rings. The van der Waals surface area contributed by atoms with Crippen LogP contribution in [-0.2, 0) is 17.8 Å². The average molecular weight is 366 g/mol. The first kappa shape index (κ1) is 18.8. The third-order valence-electron chi connectivity index (χ3n) is 4.43. The Morgan fingerprint density at radius 3 is 2.67 bits per heavy atom. The van der Waals surface area contributed by atoms with Crippen LogP contribution in [0, 0.1) is 13.8 Å². The second-order valence-electron chi connectivity index (χ2n) is 6.96. The van der Waals surface area contributed by atoms with E-state index in [4.69, 9.17) is 0 Å². The summed E-state index contributed by atoms with van der Waals surface area (Å²) in [4.78, 5) is 14.4. The van der Waals surface area contributed by atoms with Crippen LogP contribution in [0.15, 0.2) is 36.4 Å². The van der Waals surface area contributed by atoms with Crippen molar-refractivity contribution in [1.29, 1.82) is 0 Å². The molecule has 7 heteroatoms. The monoisotopic (exact) mass is 366 g/mol. The topological polar surface area (TPSA) is 78.8 Å². The molecule has 1 amide bonds. The summed E-state index contributed by atoms with van der Waals surface area (Å²) in [6.45, 7) is 4.78. The number of H-pyrrole nitrogens is 1. The second-order valence-corrected chi connectivity index (χ2v) is 6.96. The van der Waals surface area contributed by atoms with E-state index in [2.05, 4.69) is 20.6 Å². The standard InChI is InChI=1S/C20H26N6O/c1-14-18(15(2)26(24-14)17-8-6-5-7-9-17)10-11-20(27)21-19-12-16(22-23-19)13-25(3)4/h5-9,12H,10-11,13H2,1-4H3,(H2,21,22,23,27). The van der Waals surface area contributed by atoms with E-state index in [0.717, 1.165) is 34.9 Å². The van der Waals surface area contributed by atoms with Crippen LogP contribution in [-0.4, -0.2) is 44.9 Å². The lowest BCUT2D eigenvalue weighted by Crippen LogP contribution is -2.13. The molecular weight excluding hydrogens is 340 g/mol. The van der Waals surface area contributed by atoms with Gasteiger partial charge in [-0.1, -0.05) is 18.2 Å². The zero-order valence-electron chi connectivity index (χ0n) is 16.3. The number of hydrogen-bond donors (Lipinski definition) is 2. The Labute approximate surface area is 159 Å². The van der Waals surface area contributed by atoms with Gasteiger partial charge in [0.25, 0.3) is 0 Å². The predicted octanol–water partition coefficient (Wildman–Crippen LogP) is 2.85. The van der Waals surface area contributed by atoms with Crippen LogP contribution in [0.1, 0.15) is 29.1 Å². The highest BCUT2D eigenvalue weighted by atomic mass is 16.1. The Morgan fingerprint density at radius 1 is 1.22 bits per heavy atom. The van der Waals surface area contributed by atoms with Gasteiger partial charge in [-0.3, -0.25) is 9.89 Å². The molecule has 0 unspecified atom stereocenters. The minimum atomic E-state index is -0.0517. The Bertz CT molecular complexity index is 910. The number of aryl methyl sites for hydroxylation is 1. The molecule has 7 nitrogen and oxygen atoms in total. The average Bonchev–Trinajstić information content (AvgIpc) is 3.17. The predicted molar refractivity (Wildman–Crippen MR) is 106 cm³/mol. The zero-order chi connectivity index (χ0) is 19.4. The van der Waals surface area contributed by atoms with Gasteiger partial charge in [-0.2, -0.15) is 10.2 Å². The summed E-state index contributed by atoms with van der Waals surface area (Å²) in [6, 6.07) is 11.9. The molecule has 27 heavy (non-hydrogen) atoms. The van der Waals surface area contributed by atoms with Gasteiger partial charge in [-0.15, -0.1) is 0 Å². The molecule has 142 valence electrons. The van der Waals surface area contributed by atoms with E-state index in [0.29, 0.717) is 18.7 Å². The maximum atomic E-state index is 12.3. The summed E-state index contributed by atoms with van der Waals surface area (Å²) in [6.07, 6.45) is 1.03. The summed E-state index contributed by atoms with van der Waals surface area (Å²) in [5.41, 5.74) is 5.13. The van der Waals surface area contributed by atoms with Crippen molar-refractivity contribution in [3.05, 3.63) is 59.0 Å². The maximum absolute atomic E-state index is 12.3. The lowest BCUT2D eigenvalue weighted by Gasteiger charge is -2.06. The summed E-state index contributed by atoms with van der Waals surface area (Å²) in [5.74, 6) is 0.509. The molecule has 0 atom stereocenters. The van der Waals surface area contributed by atoms with E-state index in [-0.39, 0.29) is 5.91 Å². The van der Waals surface area contributed by atoms with Gasteiger partial charge < -0.3 is 10.2 Å². The Hall–Kier alpha value is -2.93. The van der Waals surface area contributed by atoms with Gasteiger partial charge in [-0.05, 0) is 52.1 Å². The van der Waals surface area contributed by atoms with Gasteiger partial charge in [0, 0.05) is 24.7 Å². The number of aromatic nitrogens is 4. The van der Waals surface area contributed by atoms with Crippen LogP contribution in [0.4, 0.5) is 5.82 Å². The van der Waals surface area contributed by atoms with Crippen molar-refractivity contribution in [2.45, 2.75) is 33.2 Å². The lowest BCUT2D eigenvalue weighted by atomic mass is 10.1. The van der Waals surface area contributed by atoms with Gasteiger partial charge in [0.1, 0.15) is 0 Å². The number of hydrogen-bond acceptors (Lipinski definition) is 4. The van der Waals surface area contributed by atoms with E-state index >= 15 is 0 Å². The maximum Gasteiger partial charge on any atom is 0.225 e. The molecular formula is C20H26N6O. The SMILES string of the molecule is Cc1nn(-c2ccccc2)c(C)c1CCC(=O)Nc1cc(CN(C)C)[nH]n1. The van der Waals surface area contributed by atoms with Crippen LogP contribution in [0.2, 0.25) is 0 Å². The Kier molecular flexibility index (Phi) is 5.71. The van der Waals surface area contributed by atoms with Crippen molar-refractivity contribution in [3.63, 3.8) is 0 Å². The first-order valence-corrected chi connectivity index (χ1v) is 9.03. The molecule has 0 saturated heterocycles. The third kappa shape index (κ3) is 4.62. The van der Waals surface area contributed by atoms with Crippen LogP contribution >= 0.6 is 0 Å². The Balaban J connectivity index is 1.62. The highest BCUT2D eigenvalue weighted by Crippen LogP contribution is 2.19. The van der Waals surface area contributed by atoms with Crippen molar-refractivity contribution in [3.8, 4) is 5.69 Å². The molecule has 0 fully saturated rings. The normalized spacial score (nSPS) is 11.1. The minimum Gasteiger partial charge on any atom is -0.309 e. The second kappa shape index (κ2) is 8.18. The smallest absolute Gasteiger partial charge is 0.225 e. The molecule has 0 aliphatic carbocycles. The molecule has 3 rings (SSSR count).